The summed E-state index contributed by atoms with van der Waals surface area (Å²) in [7, 11) is 5.39. The molecule has 1 aliphatic rings. The summed E-state index contributed by atoms with van der Waals surface area (Å²) in [6.07, 6.45) is 3.89. The molecule has 0 radical (unpaired) electrons. The molecule has 0 saturated carbocycles. The minimum atomic E-state index is -1.01. The SMILES string of the molecule is COc1cccc(C2CC(=O)N(C)c3ccc(C(N)(c4cccc(Cl)c4)c4cncn4C)cc32)c1. The van der Waals surface area contributed by atoms with Gasteiger partial charge in [-0.3, -0.25) is 4.79 Å². The first-order chi connectivity index (χ1) is 16.8. The molecule has 2 N–H and O–H groups in total. The number of methoxy groups -OCH3 is 1. The largest absolute Gasteiger partial charge is 0.497 e. The van der Waals surface area contributed by atoms with E-state index in [0.29, 0.717) is 11.4 Å². The van der Waals surface area contributed by atoms with E-state index in [4.69, 9.17) is 22.1 Å². The van der Waals surface area contributed by atoms with Gasteiger partial charge >= 0.3 is 0 Å². The van der Waals surface area contributed by atoms with E-state index < -0.39 is 5.54 Å². The van der Waals surface area contributed by atoms with Gasteiger partial charge in [0.05, 0.1) is 25.3 Å². The smallest absolute Gasteiger partial charge is 0.227 e. The molecule has 0 spiro atoms. The fourth-order valence-corrected chi connectivity index (χ4v) is 5.22. The zero-order chi connectivity index (χ0) is 24.7. The van der Waals surface area contributed by atoms with Crippen LogP contribution in [0, 0.1) is 0 Å². The molecule has 2 atom stereocenters. The molecule has 178 valence electrons. The van der Waals surface area contributed by atoms with Crippen LogP contribution in [0.15, 0.2) is 79.3 Å². The predicted molar refractivity (Wildman–Crippen MR) is 138 cm³/mol. The maximum atomic E-state index is 12.9. The Labute approximate surface area is 209 Å². The third-order valence-electron chi connectivity index (χ3n) is 6.97. The Morgan fingerprint density at radius 2 is 1.83 bits per heavy atom. The van der Waals surface area contributed by atoms with Gasteiger partial charge in [0.25, 0.3) is 0 Å². The van der Waals surface area contributed by atoms with E-state index in [-0.39, 0.29) is 11.8 Å². The summed E-state index contributed by atoms with van der Waals surface area (Å²) in [6, 6.07) is 21.6. The number of nitrogens with zero attached hydrogens (tertiary/aromatic N) is 3. The van der Waals surface area contributed by atoms with Gasteiger partial charge in [-0.1, -0.05) is 48.0 Å². The number of hydrogen-bond donors (Lipinski definition) is 1. The van der Waals surface area contributed by atoms with Crippen LogP contribution in [0.5, 0.6) is 5.75 Å². The maximum absolute atomic E-state index is 12.9. The average Bonchev–Trinajstić information content (AvgIpc) is 3.31. The van der Waals surface area contributed by atoms with Gasteiger partial charge in [-0.15, -0.1) is 0 Å². The monoisotopic (exact) mass is 486 g/mol. The molecule has 2 unspecified atom stereocenters. The first-order valence-electron chi connectivity index (χ1n) is 11.4. The number of benzene rings is 3. The van der Waals surface area contributed by atoms with Crippen molar-refractivity contribution in [3.8, 4) is 5.75 Å². The van der Waals surface area contributed by atoms with Crippen LogP contribution in [0.2, 0.25) is 5.02 Å². The molecule has 5 rings (SSSR count). The van der Waals surface area contributed by atoms with Gasteiger partial charge in [0.15, 0.2) is 0 Å². The molecule has 7 heteroatoms. The Kier molecular flexibility index (Phi) is 5.87. The number of nitrogens with two attached hydrogens (primary N) is 1. The molecule has 4 aromatic rings. The van der Waals surface area contributed by atoms with Crippen molar-refractivity contribution >= 4 is 23.2 Å². The van der Waals surface area contributed by atoms with Gasteiger partial charge in [0, 0.05) is 37.1 Å². The lowest BCUT2D eigenvalue weighted by atomic mass is 9.77. The molecule has 0 fully saturated rings. The van der Waals surface area contributed by atoms with Gasteiger partial charge in [-0.25, -0.2) is 4.98 Å². The average molecular weight is 487 g/mol. The highest BCUT2D eigenvalue weighted by molar-refractivity contribution is 6.30. The number of anilines is 1. The quantitative estimate of drug-likeness (QED) is 0.438. The number of imidazole rings is 1. The molecule has 0 saturated heterocycles. The molecule has 1 aromatic heterocycles. The van der Waals surface area contributed by atoms with E-state index in [1.54, 1.807) is 24.5 Å². The van der Waals surface area contributed by atoms with E-state index in [9.17, 15) is 4.79 Å². The second-order valence-electron chi connectivity index (χ2n) is 8.97. The molecular formula is C28H27ClN4O2. The number of halogens is 1. The number of hydrogen-bond acceptors (Lipinski definition) is 4. The molecule has 2 heterocycles. The zero-order valence-electron chi connectivity index (χ0n) is 19.9. The van der Waals surface area contributed by atoms with Crippen molar-refractivity contribution in [1.82, 2.24) is 9.55 Å². The van der Waals surface area contributed by atoms with Crippen LogP contribution in [0.4, 0.5) is 5.69 Å². The van der Waals surface area contributed by atoms with E-state index in [1.165, 1.54) is 0 Å². The molecular weight excluding hydrogens is 460 g/mol. The lowest BCUT2D eigenvalue weighted by Crippen LogP contribution is -2.41. The Morgan fingerprint density at radius 1 is 1.06 bits per heavy atom. The third kappa shape index (κ3) is 3.89. The van der Waals surface area contributed by atoms with Crippen LogP contribution in [0.1, 0.15) is 40.3 Å². The third-order valence-corrected chi connectivity index (χ3v) is 7.20. The predicted octanol–water partition coefficient (Wildman–Crippen LogP) is 4.83. The fraction of sp³-hybridized carbons (Fsp3) is 0.214. The summed E-state index contributed by atoms with van der Waals surface area (Å²) in [5, 5.41) is 0.608. The van der Waals surface area contributed by atoms with Crippen LogP contribution >= 0.6 is 11.6 Å². The lowest BCUT2D eigenvalue weighted by molar-refractivity contribution is -0.118. The molecule has 1 aliphatic heterocycles. The number of rotatable bonds is 5. The van der Waals surface area contributed by atoms with Crippen LogP contribution in [-0.2, 0) is 17.4 Å². The lowest BCUT2D eigenvalue weighted by Gasteiger charge is -2.36. The minimum absolute atomic E-state index is 0.0681. The number of ether oxygens (including phenoxy) is 1. The topological polar surface area (TPSA) is 73.4 Å². The molecule has 1 amide bonds. The number of aryl methyl sites for hydroxylation is 1. The van der Waals surface area contributed by atoms with Crippen molar-refractivity contribution < 1.29 is 9.53 Å². The molecule has 0 bridgehead atoms. The van der Waals surface area contributed by atoms with Crippen molar-refractivity contribution in [3.05, 3.63) is 112 Å². The van der Waals surface area contributed by atoms with Crippen molar-refractivity contribution in [2.24, 2.45) is 12.8 Å². The normalized spacial score (nSPS) is 17.1. The minimum Gasteiger partial charge on any atom is -0.497 e. The van der Waals surface area contributed by atoms with Crippen LogP contribution in [0.25, 0.3) is 0 Å². The highest BCUT2D eigenvalue weighted by Crippen LogP contribution is 2.44. The van der Waals surface area contributed by atoms with E-state index in [1.807, 2.05) is 79.3 Å². The van der Waals surface area contributed by atoms with Crippen LogP contribution in [-0.4, -0.2) is 29.6 Å². The number of fused-ring (bicyclic) bond motifs is 1. The first-order valence-corrected chi connectivity index (χ1v) is 11.8. The highest BCUT2D eigenvalue weighted by Gasteiger charge is 2.38. The molecule has 35 heavy (non-hydrogen) atoms. The Morgan fingerprint density at radius 3 is 2.54 bits per heavy atom. The number of carbonyl (C=O) groups excluding carboxylic acids is 1. The van der Waals surface area contributed by atoms with Gasteiger partial charge in [0.2, 0.25) is 5.91 Å². The second kappa shape index (κ2) is 8.87. The summed E-state index contributed by atoms with van der Waals surface area (Å²) in [6.45, 7) is 0. The van der Waals surface area contributed by atoms with E-state index in [2.05, 4.69) is 11.1 Å². The van der Waals surface area contributed by atoms with Crippen molar-refractivity contribution in [2.45, 2.75) is 17.9 Å². The van der Waals surface area contributed by atoms with Gasteiger partial charge in [-0.2, -0.15) is 0 Å². The molecule has 3 aromatic carbocycles. The van der Waals surface area contributed by atoms with Crippen LogP contribution < -0.4 is 15.4 Å². The number of carbonyl (C=O) groups is 1. The second-order valence-corrected chi connectivity index (χ2v) is 9.40. The zero-order valence-corrected chi connectivity index (χ0v) is 20.7. The Hall–Kier alpha value is -3.61. The van der Waals surface area contributed by atoms with E-state index in [0.717, 1.165) is 39.4 Å². The summed E-state index contributed by atoms with van der Waals surface area (Å²) >= 11 is 6.39. The summed E-state index contributed by atoms with van der Waals surface area (Å²) < 4.78 is 7.38. The van der Waals surface area contributed by atoms with Crippen molar-refractivity contribution in [3.63, 3.8) is 0 Å². The van der Waals surface area contributed by atoms with E-state index >= 15 is 0 Å². The number of amides is 1. The van der Waals surface area contributed by atoms with Crippen LogP contribution in [0.3, 0.4) is 0 Å². The van der Waals surface area contributed by atoms with Gasteiger partial charge in [-0.05, 0) is 52.6 Å². The highest BCUT2D eigenvalue weighted by atomic mass is 35.5. The maximum Gasteiger partial charge on any atom is 0.227 e. The molecule has 0 aliphatic carbocycles. The first kappa shape index (κ1) is 23.1. The van der Waals surface area contributed by atoms with Crippen molar-refractivity contribution in [2.75, 3.05) is 19.1 Å². The number of aromatic nitrogens is 2. The summed E-state index contributed by atoms with van der Waals surface area (Å²) in [4.78, 5) is 19.0. The summed E-state index contributed by atoms with van der Waals surface area (Å²) in [5.41, 5.74) is 11.8. The Bertz CT molecular complexity index is 1420. The fourth-order valence-electron chi connectivity index (χ4n) is 5.03. The molecule has 6 nitrogen and oxygen atoms in total. The van der Waals surface area contributed by atoms with Crippen molar-refractivity contribution in [1.29, 1.82) is 0 Å². The standard InChI is InChI=1S/C28H27ClN4O2/c1-32-17-31-16-26(32)28(30,19-7-5-8-21(29)13-19)20-10-11-25-24(14-20)23(15-27(34)33(25)2)18-6-4-9-22(12-18)35-3/h4-14,16-17,23H,15,30H2,1-3H3. The van der Waals surface area contributed by atoms with Gasteiger partial charge < -0.3 is 19.9 Å². The Balaban J connectivity index is 1.73. The van der Waals surface area contributed by atoms with Gasteiger partial charge in [0.1, 0.15) is 11.3 Å². The summed E-state index contributed by atoms with van der Waals surface area (Å²) in [5.74, 6) is 0.700.